The van der Waals surface area contributed by atoms with E-state index in [1.165, 1.54) is 0 Å². The number of benzene rings is 2. The molecule has 0 heterocycles. The van der Waals surface area contributed by atoms with Crippen molar-refractivity contribution in [2.45, 2.75) is 27.2 Å². The number of amides is 1. The Balaban J connectivity index is 2.15. The molecule has 0 aromatic heterocycles. The number of carbonyl (C=O) groups is 1. The fourth-order valence-electron chi connectivity index (χ4n) is 2.06. The van der Waals surface area contributed by atoms with Gasteiger partial charge in [-0.05, 0) is 61.2 Å². The largest absolute Gasteiger partial charge is 0.271 e. The fraction of sp³-hybridized carbons (Fsp3) is 0.222. The van der Waals surface area contributed by atoms with Crippen LogP contribution in [0.2, 0.25) is 5.02 Å². The lowest BCUT2D eigenvalue weighted by Crippen LogP contribution is -2.20. The Labute approximate surface area is 136 Å². The molecule has 2 aromatic carbocycles. The van der Waals surface area contributed by atoms with Crippen LogP contribution in [0.4, 0.5) is 0 Å². The van der Waals surface area contributed by atoms with E-state index in [-0.39, 0.29) is 5.91 Å². The van der Waals surface area contributed by atoms with Gasteiger partial charge in [0.05, 0.1) is 5.71 Å². The molecule has 1 N–H and O–H groups in total. The number of hydrazone groups is 1. The summed E-state index contributed by atoms with van der Waals surface area (Å²) in [6, 6.07) is 13.0. The summed E-state index contributed by atoms with van der Waals surface area (Å²) in [4.78, 5) is 12.2. The van der Waals surface area contributed by atoms with Crippen LogP contribution >= 0.6 is 11.6 Å². The molecule has 0 saturated carbocycles. The van der Waals surface area contributed by atoms with Crippen LogP contribution in [0.5, 0.6) is 0 Å². The molecule has 3 nitrogen and oxygen atoms in total. The molecule has 0 fully saturated rings. The second kappa shape index (κ2) is 7.23. The monoisotopic (exact) mass is 314 g/mol. The Kier molecular flexibility index (Phi) is 5.34. The maximum atomic E-state index is 12.2. The van der Waals surface area contributed by atoms with Crippen molar-refractivity contribution >= 4 is 23.2 Å². The lowest BCUT2D eigenvalue weighted by atomic mass is 10.1. The SMILES string of the molecule is CC/C(=N\NC(=O)c1ccc(C)c(C)c1)c1ccc(Cl)cc1. The Hall–Kier alpha value is -2.13. The number of hydrogen-bond donors (Lipinski definition) is 1. The molecule has 114 valence electrons. The van der Waals surface area contributed by atoms with Crippen LogP contribution in [0.1, 0.15) is 40.4 Å². The molecule has 0 atom stereocenters. The van der Waals surface area contributed by atoms with E-state index in [0.717, 1.165) is 28.8 Å². The van der Waals surface area contributed by atoms with Crippen molar-refractivity contribution in [3.8, 4) is 0 Å². The molecule has 0 unspecified atom stereocenters. The summed E-state index contributed by atoms with van der Waals surface area (Å²) in [5.74, 6) is -0.206. The highest BCUT2D eigenvalue weighted by Gasteiger charge is 2.07. The van der Waals surface area contributed by atoms with Gasteiger partial charge in [-0.1, -0.05) is 36.7 Å². The van der Waals surface area contributed by atoms with Crippen molar-refractivity contribution in [2.75, 3.05) is 0 Å². The second-order valence-electron chi connectivity index (χ2n) is 5.16. The van der Waals surface area contributed by atoms with Crippen molar-refractivity contribution in [2.24, 2.45) is 5.10 Å². The third kappa shape index (κ3) is 3.95. The molecule has 0 spiro atoms. The van der Waals surface area contributed by atoms with Crippen LogP contribution in [0.15, 0.2) is 47.6 Å². The molecule has 4 heteroatoms. The number of carbonyl (C=O) groups excluding carboxylic acids is 1. The molecule has 2 aromatic rings. The maximum Gasteiger partial charge on any atom is 0.271 e. The van der Waals surface area contributed by atoms with Crippen LogP contribution in [0.3, 0.4) is 0 Å². The average Bonchev–Trinajstić information content (AvgIpc) is 2.52. The molecule has 22 heavy (non-hydrogen) atoms. The highest BCUT2D eigenvalue weighted by Crippen LogP contribution is 2.12. The third-order valence-corrected chi connectivity index (χ3v) is 3.83. The normalized spacial score (nSPS) is 11.4. The van der Waals surface area contributed by atoms with Gasteiger partial charge in [0.25, 0.3) is 5.91 Å². The number of halogens is 1. The van der Waals surface area contributed by atoms with E-state index < -0.39 is 0 Å². The molecule has 2 rings (SSSR count). The van der Waals surface area contributed by atoms with Crippen molar-refractivity contribution in [1.29, 1.82) is 0 Å². The van der Waals surface area contributed by atoms with Crippen LogP contribution in [0.25, 0.3) is 0 Å². The fourth-order valence-corrected chi connectivity index (χ4v) is 2.18. The summed E-state index contributed by atoms with van der Waals surface area (Å²) in [5, 5.41) is 4.92. The van der Waals surface area contributed by atoms with Crippen molar-refractivity contribution in [3.05, 3.63) is 69.7 Å². The van der Waals surface area contributed by atoms with E-state index in [2.05, 4.69) is 10.5 Å². The standard InChI is InChI=1S/C18H19ClN2O/c1-4-17(14-7-9-16(19)10-8-14)20-21-18(22)15-6-5-12(2)13(3)11-15/h5-11H,4H2,1-3H3,(H,21,22)/b20-17+. The van der Waals surface area contributed by atoms with Gasteiger partial charge in [-0.25, -0.2) is 5.43 Å². The first-order chi connectivity index (χ1) is 10.5. The summed E-state index contributed by atoms with van der Waals surface area (Å²) >= 11 is 5.89. The van der Waals surface area contributed by atoms with Gasteiger partial charge in [0.2, 0.25) is 0 Å². The van der Waals surface area contributed by atoms with Gasteiger partial charge in [0, 0.05) is 10.6 Å². The first-order valence-electron chi connectivity index (χ1n) is 7.21. The number of nitrogens with zero attached hydrogens (tertiary/aromatic N) is 1. The molecule has 1 amide bonds. The van der Waals surface area contributed by atoms with Gasteiger partial charge in [-0.2, -0.15) is 5.10 Å². The van der Waals surface area contributed by atoms with Gasteiger partial charge in [0.1, 0.15) is 0 Å². The quantitative estimate of drug-likeness (QED) is 0.655. The predicted molar refractivity (Wildman–Crippen MR) is 91.7 cm³/mol. The topological polar surface area (TPSA) is 41.5 Å². The molecule has 0 bridgehead atoms. The Morgan fingerprint density at radius 1 is 1.05 bits per heavy atom. The van der Waals surface area contributed by atoms with Crippen LogP contribution in [0, 0.1) is 13.8 Å². The molecule has 0 aliphatic rings. The molecule has 0 aliphatic heterocycles. The van der Waals surface area contributed by atoms with Crippen LogP contribution in [-0.4, -0.2) is 11.6 Å². The maximum absolute atomic E-state index is 12.2. The highest BCUT2D eigenvalue weighted by molar-refractivity contribution is 6.30. The predicted octanol–water partition coefficient (Wildman–Crippen LogP) is 4.50. The number of hydrogen-bond acceptors (Lipinski definition) is 2. The smallest absolute Gasteiger partial charge is 0.267 e. The van der Waals surface area contributed by atoms with Crippen LogP contribution in [-0.2, 0) is 0 Å². The van der Waals surface area contributed by atoms with Crippen LogP contribution < -0.4 is 5.43 Å². The first-order valence-corrected chi connectivity index (χ1v) is 7.59. The van der Waals surface area contributed by atoms with E-state index >= 15 is 0 Å². The summed E-state index contributed by atoms with van der Waals surface area (Å²) in [5.41, 5.74) is 7.25. The Bertz CT molecular complexity index is 706. The number of nitrogens with one attached hydrogen (secondary N) is 1. The number of rotatable bonds is 4. The molecule has 0 radical (unpaired) electrons. The zero-order valence-corrected chi connectivity index (χ0v) is 13.7. The zero-order chi connectivity index (χ0) is 16.1. The Morgan fingerprint density at radius 3 is 2.27 bits per heavy atom. The van der Waals surface area contributed by atoms with E-state index in [1.807, 2.05) is 57.2 Å². The minimum atomic E-state index is -0.206. The van der Waals surface area contributed by atoms with Crippen molar-refractivity contribution < 1.29 is 4.79 Å². The zero-order valence-electron chi connectivity index (χ0n) is 13.0. The lowest BCUT2D eigenvalue weighted by molar-refractivity contribution is 0.0954. The summed E-state index contributed by atoms with van der Waals surface area (Å²) in [6.07, 6.45) is 0.717. The van der Waals surface area contributed by atoms with Crippen molar-refractivity contribution in [3.63, 3.8) is 0 Å². The summed E-state index contributed by atoms with van der Waals surface area (Å²) in [6.45, 7) is 6.00. The van der Waals surface area contributed by atoms with Crippen molar-refractivity contribution in [1.82, 2.24) is 5.43 Å². The third-order valence-electron chi connectivity index (χ3n) is 3.57. The molecule has 0 aliphatic carbocycles. The molecular formula is C18H19ClN2O. The Morgan fingerprint density at radius 2 is 1.68 bits per heavy atom. The summed E-state index contributed by atoms with van der Waals surface area (Å²) < 4.78 is 0. The first kappa shape index (κ1) is 16.2. The van der Waals surface area contributed by atoms with E-state index in [4.69, 9.17) is 11.6 Å². The van der Waals surface area contributed by atoms with E-state index in [0.29, 0.717) is 10.6 Å². The second-order valence-corrected chi connectivity index (χ2v) is 5.60. The molecule has 0 saturated heterocycles. The highest BCUT2D eigenvalue weighted by atomic mass is 35.5. The van der Waals surface area contributed by atoms with E-state index in [1.54, 1.807) is 6.07 Å². The van der Waals surface area contributed by atoms with Gasteiger partial charge >= 0.3 is 0 Å². The van der Waals surface area contributed by atoms with Gasteiger partial charge in [-0.3, -0.25) is 4.79 Å². The lowest BCUT2D eigenvalue weighted by Gasteiger charge is -2.07. The minimum Gasteiger partial charge on any atom is -0.267 e. The van der Waals surface area contributed by atoms with Gasteiger partial charge in [-0.15, -0.1) is 0 Å². The number of aryl methyl sites for hydroxylation is 2. The van der Waals surface area contributed by atoms with Gasteiger partial charge in [0.15, 0.2) is 0 Å². The van der Waals surface area contributed by atoms with E-state index in [9.17, 15) is 4.79 Å². The molecular weight excluding hydrogens is 296 g/mol. The summed E-state index contributed by atoms with van der Waals surface area (Å²) in [7, 11) is 0. The minimum absolute atomic E-state index is 0.206. The van der Waals surface area contributed by atoms with Gasteiger partial charge < -0.3 is 0 Å². The average molecular weight is 315 g/mol.